The lowest BCUT2D eigenvalue weighted by atomic mass is 10.1. The maximum absolute atomic E-state index is 10.6. The van der Waals surface area contributed by atoms with Crippen molar-refractivity contribution >= 4 is 24.0 Å². The Bertz CT molecular complexity index is 382. The van der Waals surface area contributed by atoms with Crippen molar-refractivity contribution in [2.24, 2.45) is 0 Å². The lowest BCUT2D eigenvalue weighted by Crippen LogP contribution is -2.31. The van der Waals surface area contributed by atoms with E-state index in [1.807, 2.05) is 0 Å². The molecule has 7 heteroatoms. The Morgan fingerprint density at radius 2 is 2.31 bits per heavy atom. The van der Waals surface area contributed by atoms with Crippen molar-refractivity contribution in [3.05, 3.63) is 29.0 Å². The van der Waals surface area contributed by atoms with Gasteiger partial charge in [-0.1, -0.05) is 11.6 Å². The van der Waals surface area contributed by atoms with Crippen LogP contribution in [0, 0.1) is 0 Å². The maximum atomic E-state index is 10.6. The Labute approximate surface area is 96.0 Å². The summed E-state index contributed by atoms with van der Waals surface area (Å²) in [4.78, 5) is 24.8. The number of carbonyl (C=O) groups is 2. The average molecular weight is 245 g/mol. The number of hydrogen-bond donors (Lipinski definition) is 2. The molecule has 6 nitrogen and oxygen atoms in total. The molecule has 0 radical (unpaired) electrons. The monoisotopic (exact) mass is 244 g/mol. The Morgan fingerprint density at radius 3 is 2.75 bits per heavy atom. The van der Waals surface area contributed by atoms with Gasteiger partial charge in [0.05, 0.1) is 10.7 Å². The van der Waals surface area contributed by atoms with Crippen molar-refractivity contribution < 1.29 is 19.9 Å². The normalized spacial score (nSPS) is 11.9. The largest absolute Gasteiger partial charge is 0.463 e. The maximum Gasteiger partial charge on any atom is 0.431 e. The highest BCUT2D eigenvalue weighted by atomic mass is 35.5. The van der Waals surface area contributed by atoms with Gasteiger partial charge in [0.15, 0.2) is 0 Å². The molecule has 0 aromatic carbocycles. The summed E-state index contributed by atoms with van der Waals surface area (Å²) < 4.78 is 0. The van der Waals surface area contributed by atoms with Gasteiger partial charge < -0.3 is 9.90 Å². The summed E-state index contributed by atoms with van der Waals surface area (Å²) in [6.45, 7) is 0. The van der Waals surface area contributed by atoms with E-state index < -0.39 is 12.1 Å². The molecular formula is C9H9ClN2O4. The highest BCUT2D eigenvalue weighted by Gasteiger charge is 2.24. The van der Waals surface area contributed by atoms with Gasteiger partial charge in [0, 0.05) is 12.6 Å². The first-order valence-electron chi connectivity index (χ1n) is 4.32. The SMILES string of the molecule is O=CC[C@@H](c1ccc(Cl)cn1)N(O)C(=O)O. The predicted octanol–water partition coefficient (Wildman–Crippen LogP) is 1.73. The van der Waals surface area contributed by atoms with Gasteiger partial charge in [0.1, 0.15) is 12.3 Å². The van der Waals surface area contributed by atoms with Crippen molar-refractivity contribution in [3.8, 4) is 0 Å². The molecule has 16 heavy (non-hydrogen) atoms. The number of amides is 1. The van der Waals surface area contributed by atoms with Crippen LogP contribution in [-0.2, 0) is 4.79 Å². The van der Waals surface area contributed by atoms with Gasteiger partial charge in [-0.15, -0.1) is 0 Å². The van der Waals surface area contributed by atoms with Gasteiger partial charge in [0.25, 0.3) is 0 Å². The molecule has 1 rings (SSSR count). The van der Waals surface area contributed by atoms with Crippen molar-refractivity contribution in [2.75, 3.05) is 0 Å². The predicted molar refractivity (Wildman–Crippen MR) is 54.3 cm³/mol. The minimum Gasteiger partial charge on any atom is -0.463 e. The zero-order chi connectivity index (χ0) is 12.1. The number of pyridine rings is 1. The van der Waals surface area contributed by atoms with E-state index in [1.165, 1.54) is 18.3 Å². The van der Waals surface area contributed by atoms with Crippen molar-refractivity contribution in [1.29, 1.82) is 0 Å². The summed E-state index contributed by atoms with van der Waals surface area (Å²) >= 11 is 5.61. The number of halogens is 1. The fourth-order valence-electron chi connectivity index (χ4n) is 1.15. The fraction of sp³-hybridized carbons (Fsp3) is 0.222. The Morgan fingerprint density at radius 1 is 1.62 bits per heavy atom. The second-order valence-electron chi connectivity index (χ2n) is 2.95. The molecule has 0 aliphatic heterocycles. The lowest BCUT2D eigenvalue weighted by Gasteiger charge is -2.20. The molecule has 1 amide bonds. The van der Waals surface area contributed by atoms with Gasteiger partial charge in [-0.05, 0) is 12.1 Å². The lowest BCUT2D eigenvalue weighted by molar-refractivity contribution is -0.119. The van der Waals surface area contributed by atoms with Crippen LogP contribution in [-0.4, -0.2) is 32.7 Å². The van der Waals surface area contributed by atoms with E-state index in [2.05, 4.69) is 4.98 Å². The minimum absolute atomic E-state index is 0.0463. The van der Waals surface area contributed by atoms with E-state index in [4.69, 9.17) is 16.7 Å². The number of hydroxylamine groups is 2. The van der Waals surface area contributed by atoms with E-state index in [0.29, 0.717) is 11.3 Å². The van der Waals surface area contributed by atoms with Gasteiger partial charge >= 0.3 is 6.09 Å². The smallest absolute Gasteiger partial charge is 0.431 e. The van der Waals surface area contributed by atoms with E-state index in [1.54, 1.807) is 0 Å². The molecule has 0 bridgehead atoms. The van der Waals surface area contributed by atoms with Crippen molar-refractivity contribution in [3.63, 3.8) is 0 Å². The average Bonchev–Trinajstić information content (AvgIpc) is 2.26. The second-order valence-corrected chi connectivity index (χ2v) is 3.38. The number of rotatable bonds is 4. The summed E-state index contributed by atoms with van der Waals surface area (Å²) in [5.74, 6) is 0. The molecular weight excluding hydrogens is 236 g/mol. The van der Waals surface area contributed by atoms with Crippen LogP contribution in [0.3, 0.4) is 0 Å². The van der Waals surface area contributed by atoms with Crippen molar-refractivity contribution in [1.82, 2.24) is 10.0 Å². The van der Waals surface area contributed by atoms with Crippen LogP contribution in [0.2, 0.25) is 5.02 Å². The number of aldehydes is 1. The third-order valence-corrected chi connectivity index (χ3v) is 2.13. The Balaban J connectivity index is 2.97. The fourth-order valence-corrected chi connectivity index (χ4v) is 1.27. The highest BCUT2D eigenvalue weighted by Crippen LogP contribution is 2.21. The van der Waals surface area contributed by atoms with E-state index in [9.17, 15) is 14.8 Å². The Kier molecular flexibility index (Phi) is 4.21. The first kappa shape index (κ1) is 12.4. The summed E-state index contributed by atoms with van der Waals surface area (Å²) in [7, 11) is 0. The zero-order valence-electron chi connectivity index (χ0n) is 8.08. The molecule has 86 valence electrons. The molecule has 0 spiro atoms. The molecule has 1 aromatic rings. The van der Waals surface area contributed by atoms with Gasteiger partial charge in [-0.25, -0.2) is 4.79 Å². The van der Waals surface area contributed by atoms with Crippen LogP contribution < -0.4 is 0 Å². The molecule has 1 aromatic heterocycles. The van der Waals surface area contributed by atoms with E-state index in [-0.39, 0.29) is 17.2 Å². The molecule has 1 atom stereocenters. The van der Waals surface area contributed by atoms with Crippen LogP contribution in [0.1, 0.15) is 18.2 Å². The molecule has 2 N–H and O–H groups in total. The van der Waals surface area contributed by atoms with Gasteiger partial charge in [0.2, 0.25) is 0 Å². The first-order chi connectivity index (χ1) is 7.56. The summed E-state index contributed by atoms with van der Waals surface area (Å²) in [5.41, 5.74) is 0.251. The minimum atomic E-state index is -1.55. The molecule has 0 aliphatic rings. The summed E-state index contributed by atoms with van der Waals surface area (Å²) in [6.07, 6.45) is 0.0816. The molecule has 0 fully saturated rings. The van der Waals surface area contributed by atoms with Crippen LogP contribution in [0.5, 0.6) is 0 Å². The molecule has 1 heterocycles. The summed E-state index contributed by atoms with van der Waals surface area (Å²) in [5, 5.41) is 18.3. The van der Waals surface area contributed by atoms with E-state index in [0.717, 1.165) is 0 Å². The quantitative estimate of drug-likeness (QED) is 0.478. The van der Waals surface area contributed by atoms with Crippen LogP contribution in [0.15, 0.2) is 18.3 Å². The van der Waals surface area contributed by atoms with Gasteiger partial charge in [-0.2, -0.15) is 5.06 Å². The molecule has 0 unspecified atom stereocenters. The molecule has 0 saturated carbocycles. The Hall–Kier alpha value is -1.66. The number of carboxylic acid groups (broad SMARTS) is 1. The van der Waals surface area contributed by atoms with Crippen LogP contribution in [0.25, 0.3) is 0 Å². The summed E-state index contributed by atoms with van der Waals surface area (Å²) in [6, 6.07) is 1.92. The topological polar surface area (TPSA) is 90.7 Å². The standard InChI is InChI=1S/C9H9ClN2O4/c10-6-1-2-7(11-5-6)8(3-4-13)12(16)9(14)15/h1-2,4-5,8,16H,3H2,(H,14,15)/t8-/m0/s1. The third kappa shape index (κ3) is 2.91. The van der Waals surface area contributed by atoms with Crippen LogP contribution >= 0.6 is 11.6 Å². The van der Waals surface area contributed by atoms with Crippen LogP contribution in [0.4, 0.5) is 4.79 Å². The number of aromatic nitrogens is 1. The van der Waals surface area contributed by atoms with E-state index >= 15 is 0 Å². The molecule has 0 saturated heterocycles. The number of nitrogens with zero attached hydrogens (tertiary/aromatic N) is 2. The molecule has 0 aliphatic carbocycles. The van der Waals surface area contributed by atoms with Crippen molar-refractivity contribution in [2.45, 2.75) is 12.5 Å². The second kappa shape index (κ2) is 5.43. The third-order valence-electron chi connectivity index (χ3n) is 1.90. The number of carbonyl (C=O) groups excluding carboxylic acids is 1. The first-order valence-corrected chi connectivity index (χ1v) is 4.70. The number of hydrogen-bond acceptors (Lipinski definition) is 4. The highest BCUT2D eigenvalue weighted by molar-refractivity contribution is 6.30. The zero-order valence-corrected chi connectivity index (χ0v) is 8.83. The van der Waals surface area contributed by atoms with Gasteiger partial charge in [-0.3, -0.25) is 10.2 Å².